The molecule has 1 aliphatic heterocycles. The summed E-state index contributed by atoms with van der Waals surface area (Å²) in [7, 11) is -3.30. The van der Waals surface area contributed by atoms with Gasteiger partial charge in [0.2, 0.25) is 10.0 Å². The van der Waals surface area contributed by atoms with Gasteiger partial charge in [0.25, 0.3) is 5.91 Å². The summed E-state index contributed by atoms with van der Waals surface area (Å²) >= 11 is 26.6. The SMILES string of the molecule is CCCCCCCCCCCCCOC=Nc1ccc(Cl)c(N=C2NN(C3C(Cl)CC(Cl)CC3Cl)C(=O)C2=Nc2ccc(N(CC)CCNS(C)(=O)=O)cc2C)c1. The first-order valence-electron chi connectivity index (χ1n) is 20.2. The van der Waals surface area contributed by atoms with Crippen molar-refractivity contribution in [3.8, 4) is 0 Å². The van der Waals surface area contributed by atoms with Crippen molar-refractivity contribution >= 4 is 103 Å². The van der Waals surface area contributed by atoms with Crippen molar-refractivity contribution in [3.05, 3.63) is 47.0 Å². The average molecular weight is 888 g/mol. The molecule has 0 bridgehead atoms. The molecule has 1 saturated heterocycles. The zero-order chi connectivity index (χ0) is 41.4. The van der Waals surface area contributed by atoms with Crippen LogP contribution in [0.3, 0.4) is 0 Å². The third-order valence-electron chi connectivity index (χ3n) is 10.1. The Labute approximate surface area is 360 Å². The number of nitrogens with one attached hydrogen (secondary N) is 2. The van der Waals surface area contributed by atoms with Gasteiger partial charge in [-0.15, -0.1) is 34.8 Å². The maximum absolute atomic E-state index is 14.2. The molecule has 1 amide bonds. The van der Waals surface area contributed by atoms with E-state index in [1.54, 1.807) is 18.2 Å². The highest BCUT2D eigenvalue weighted by atomic mass is 35.5. The lowest BCUT2D eigenvalue weighted by Gasteiger charge is -2.38. The van der Waals surface area contributed by atoms with Crippen molar-refractivity contribution in [2.24, 2.45) is 15.0 Å². The van der Waals surface area contributed by atoms with Crippen LogP contribution in [-0.4, -0.2) is 92.0 Å². The Balaban J connectivity index is 1.48. The van der Waals surface area contributed by atoms with E-state index in [2.05, 4.69) is 27.0 Å². The highest BCUT2D eigenvalue weighted by molar-refractivity contribution is 7.88. The van der Waals surface area contributed by atoms with Crippen LogP contribution in [0.25, 0.3) is 0 Å². The molecule has 0 radical (unpaired) electrons. The van der Waals surface area contributed by atoms with Gasteiger partial charge in [0, 0.05) is 30.7 Å². The second-order valence-corrected chi connectivity index (χ2v) is 18.8. The number of aryl methyl sites for hydroxylation is 1. The number of sulfonamides is 1. The second-order valence-electron chi connectivity index (χ2n) is 14.8. The monoisotopic (exact) mass is 885 g/mol. The van der Waals surface area contributed by atoms with E-state index < -0.39 is 32.7 Å². The first kappa shape index (κ1) is 47.1. The number of ether oxygens (including phenoxy) is 1. The number of nitrogens with zero attached hydrogens (tertiary/aromatic N) is 5. The van der Waals surface area contributed by atoms with Gasteiger partial charge in [0.05, 0.1) is 51.7 Å². The van der Waals surface area contributed by atoms with Gasteiger partial charge >= 0.3 is 0 Å². The summed E-state index contributed by atoms with van der Waals surface area (Å²) in [6.45, 7) is 8.14. The van der Waals surface area contributed by atoms with Gasteiger partial charge in [-0.05, 0) is 75.1 Å². The Morgan fingerprint density at radius 2 is 1.56 bits per heavy atom. The number of hydrazine groups is 1. The number of hydrogen-bond acceptors (Lipinski definition) is 8. The Morgan fingerprint density at radius 1 is 0.912 bits per heavy atom. The van der Waals surface area contributed by atoms with E-state index in [1.807, 2.05) is 32.0 Å². The van der Waals surface area contributed by atoms with Gasteiger partial charge in [0.15, 0.2) is 17.9 Å². The highest BCUT2D eigenvalue weighted by Crippen LogP contribution is 2.36. The van der Waals surface area contributed by atoms with Crippen LogP contribution >= 0.6 is 46.4 Å². The van der Waals surface area contributed by atoms with E-state index >= 15 is 0 Å². The van der Waals surface area contributed by atoms with Crippen LogP contribution in [0.2, 0.25) is 5.02 Å². The zero-order valence-electron chi connectivity index (χ0n) is 33.7. The lowest BCUT2D eigenvalue weighted by molar-refractivity contribution is -0.127. The van der Waals surface area contributed by atoms with Gasteiger partial charge in [-0.25, -0.2) is 33.1 Å². The average Bonchev–Trinajstić information content (AvgIpc) is 3.44. The molecule has 1 saturated carbocycles. The number of alkyl halides is 3. The van der Waals surface area contributed by atoms with Crippen LogP contribution in [0.1, 0.15) is 103 Å². The summed E-state index contributed by atoms with van der Waals surface area (Å²) in [6, 6.07) is 10.3. The van der Waals surface area contributed by atoms with Crippen molar-refractivity contribution in [1.82, 2.24) is 15.2 Å². The van der Waals surface area contributed by atoms with Crippen LogP contribution in [0, 0.1) is 6.92 Å². The molecule has 2 N–H and O–H groups in total. The molecule has 4 rings (SSSR count). The fourth-order valence-corrected chi connectivity index (χ4v) is 9.21. The van der Waals surface area contributed by atoms with Crippen LogP contribution in [-0.2, 0) is 19.6 Å². The summed E-state index contributed by atoms with van der Waals surface area (Å²) in [5.41, 5.74) is 6.42. The maximum Gasteiger partial charge on any atom is 0.295 e. The number of hydrogen-bond donors (Lipinski definition) is 2. The number of carbonyl (C=O) groups is 1. The molecular weight excluding hydrogens is 828 g/mol. The van der Waals surface area contributed by atoms with Crippen molar-refractivity contribution in [2.75, 3.05) is 37.4 Å². The van der Waals surface area contributed by atoms with Crippen LogP contribution in [0.4, 0.5) is 22.7 Å². The molecule has 1 aliphatic carbocycles. The number of unbranched alkanes of at least 4 members (excludes halogenated alkanes) is 10. The van der Waals surface area contributed by atoms with Gasteiger partial charge in [-0.2, -0.15) is 0 Å². The van der Waals surface area contributed by atoms with Crippen molar-refractivity contribution in [2.45, 2.75) is 126 Å². The first-order valence-corrected chi connectivity index (χ1v) is 23.8. The molecule has 57 heavy (non-hydrogen) atoms. The highest BCUT2D eigenvalue weighted by Gasteiger charge is 2.46. The molecule has 0 aromatic heterocycles. The number of amidine groups is 1. The molecule has 11 nitrogen and oxygen atoms in total. The lowest BCUT2D eigenvalue weighted by Crippen LogP contribution is -2.56. The normalized spacial score (nSPS) is 21.5. The lowest BCUT2D eigenvalue weighted by atomic mass is 9.93. The molecule has 16 heteroatoms. The summed E-state index contributed by atoms with van der Waals surface area (Å²) in [5.74, 6) is -0.253. The number of anilines is 1. The second kappa shape index (κ2) is 23.8. The molecule has 2 unspecified atom stereocenters. The van der Waals surface area contributed by atoms with E-state index in [4.69, 9.17) is 61.1 Å². The van der Waals surface area contributed by atoms with Crippen LogP contribution in [0.5, 0.6) is 0 Å². The van der Waals surface area contributed by atoms with E-state index in [-0.39, 0.29) is 23.5 Å². The molecule has 2 fully saturated rings. The van der Waals surface area contributed by atoms with Crippen LogP contribution < -0.4 is 15.0 Å². The number of halogens is 4. The molecular formula is C41H59Cl4N7O4S. The Hall–Kier alpha value is -2.61. The predicted molar refractivity (Wildman–Crippen MR) is 240 cm³/mol. The van der Waals surface area contributed by atoms with E-state index in [0.717, 1.165) is 30.3 Å². The number of likely N-dealkylation sites (N-methyl/N-ethyl adjacent to an activating group) is 1. The largest absolute Gasteiger partial charge is 0.483 e. The standard InChI is InChI=1S/C41H59Cl4N7O4S/c1-5-7-8-9-10-11-12-13-14-15-16-23-56-28-46-31-17-19-33(43)37(27-31)49-40-38(41(53)52(50-40)39-34(44)25-30(42)26-35(39)45)48-36-20-18-32(24-29(36)3)51(6-2)22-21-47-57(4,54)55/h17-20,24,27-28,30,34-35,39,47H,5-16,21-23,25-26H2,1-4H3,(H,49,50). The third kappa shape index (κ3) is 15.2. The number of aliphatic imine (C=N–C) groups is 3. The summed E-state index contributed by atoms with van der Waals surface area (Å²) < 4.78 is 31.4. The van der Waals surface area contributed by atoms with Crippen LogP contribution in [0.15, 0.2) is 51.4 Å². The van der Waals surface area contributed by atoms with E-state index in [9.17, 15) is 13.2 Å². The smallest absolute Gasteiger partial charge is 0.295 e. The predicted octanol–water partition coefficient (Wildman–Crippen LogP) is 10.1. The summed E-state index contributed by atoms with van der Waals surface area (Å²) in [4.78, 5) is 30.4. The molecule has 2 aromatic rings. The number of benzene rings is 2. The molecule has 2 atom stereocenters. The minimum atomic E-state index is -3.30. The Bertz CT molecular complexity index is 1800. The van der Waals surface area contributed by atoms with Crippen molar-refractivity contribution < 1.29 is 17.9 Å². The number of amides is 1. The summed E-state index contributed by atoms with van der Waals surface area (Å²) in [5, 5.41) is 0.540. The fraction of sp³-hybridized carbons (Fsp3) is 0.610. The topological polar surface area (TPSA) is 128 Å². The molecule has 316 valence electrons. The Morgan fingerprint density at radius 3 is 2.18 bits per heavy atom. The van der Waals surface area contributed by atoms with Gasteiger partial charge < -0.3 is 9.64 Å². The minimum Gasteiger partial charge on any atom is -0.483 e. The molecule has 0 spiro atoms. The van der Waals surface area contributed by atoms with E-state index in [1.165, 1.54) is 69.2 Å². The van der Waals surface area contributed by atoms with E-state index in [0.29, 0.717) is 54.6 Å². The van der Waals surface area contributed by atoms with Gasteiger partial charge in [-0.1, -0.05) is 82.7 Å². The minimum absolute atomic E-state index is 0.0663. The molecule has 1 heterocycles. The summed E-state index contributed by atoms with van der Waals surface area (Å²) in [6.07, 6.45) is 17.5. The molecule has 2 aromatic carbocycles. The maximum atomic E-state index is 14.2. The number of rotatable bonds is 23. The van der Waals surface area contributed by atoms with Crippen molar-refractivity contribution in [3.63, 3.8) is 0 Å². The zero-order valence-corrected chi connectivity index (χ0v) is 37.5. The third-order valence-corrected chi connectivity index (χ3v) is 12.4. The molecule has 2 aliphatic rings. The van der Waals surface area contributed by atoms with Gasteiger partial charge in [0.1, 0.15) is 0 Å². The Kier molecular flexibility index (Phi) is 19.7. The van der Waals surface area contributed by atoms with Crippen molar-refractivity contribution in [1.29, 1.82) is 0 Å². The quantitative estimate of drug-likeness (QED) is 0.0495. The van der Waals surface area contributed by atoms with Gasteiger partial charge in [-0.3, -0.25) is 10.2 Å². The first-order chi connectivity index (χ1) is 27.3. The fourth-order valence-electron chi connectivity index (χ4n) is 6.94. The number of carbonyl (C=O) groups excluding carboxylic acids is 1.